The Morgan fingerprint density at radius 2 is 1.84 bits per heavy atom. The predicted octanol–water partition coefficient (Wildman–Crippen LogP) is 2.83. The van der Waals surface area contributed by atoms with E-state index in [9.17, 15) is 21.0 Å². The molecule has 0 aromatic heterocycles. The van der Waals surface area contributed by atoms with E-state index >= 15 is 0 Å². The number of fused-ring (bicyclic) bond motifs is 2. The number of rotatable bonds is 2. The molecule has 2 unspecified atom stereocenters. The van der Waals surface area contributed by atoms with E-state index in [0.717, 1.165) is 31.3 Å². The van der Waals surface area contributed by atoms with Gasteiger partial charge in [-0.15, -0.1) is 0 Å². The molecule has 3 rings (SSSR count). The van der Waals surface area contributed by atoms with E-state index in [0.29, 0.717) is 12.8 Å². The maximum absolute atomic E-state index is 10.2. The molecule has 6 nitrogen and oxygen atoms in total. The number of nitrogens with two attached hydrogens (primary N) is 1. The fourth-order valence-corrected chi connectivity index (χ4v) is 5.30. The Hall–Kier alpha value is -3.09. The molecule has 25 heavy (non-hydrogen) atoms. The Morgan fingerprint density at radius 3 is 2.36 bits per heavy atom. The van der Waals surface area contributed by atoms with E-state index in [1.807, 2.05) is 18.2 Å². The second kappa shape index (κ2) is 5.77. The summed E-state index contributed by atoms with van der Waals surface area (Å²) in [5, 5.41) is 47.1. The Kier molecular flexibility index (Phi) is 3.87. The van der Waals surface area contributed by atoms with Gasteiger partial charge in [-0.25, -0.2) is 0 Å². The van der Waals surface area contributed by atoms with E-state index in [-0.39, 0.29) is 22.9 Å². The fourth-order valence-electron chi connectivity index (χ4n) is 5.30. The number of nitriles is 4. The van der Waals surface area contributed by atoms with Crippen LogP contribution in [0.15, 0.2) is 22.9 Å². The standard InChI is InChI=1S/C19H18N6/c20-8-12(9-21)16(24)19(11-23)17(25)14(10-22)13-4-3-5-15(13)18(19)6-1-2-7-18/h4,12,15,24H,1-3,5-7,25H2. The second-order valence-electron chi connectivity index (χ2n) is 7.02. The van der Waals surface area contributed by atoms with Crippen LogP contribution in [-0.2, 0) is 0 Å². The number of allylic oxidation sites excluding steroid dienone is 4. The van der Waals surface area contributed by atoms with Crippen molar-refractivity contribution in [2.75, 3.05) is 0 Å². The molecule has 3 aliphatic carbocycles. The lowest BCUT2D eigenvalue weighted by atomic mass is 9.47. The summed E-state index contributed by atoms with van der Waals surface area (Å²) in [4.78, 5) is 0. The van der Waals surface area contributed by atoms with E-state index in [2.05, 4.69) is 12.1 Å². The molecule has 0 amide bonds. The van der Waals surface area contributed by atoms with Gasteiger partial charge in [-0.3, -0.25) is 0 Å². The number of hydrogen-bond acceptors (Lipinski definition) is 6. The van der Waals surface area contributed by atoms with Crippen molar-refractivity contribution in [3.8, 4) is 24.3 Å². The van der Waals surface area contributed by atoms with Gasteiger partial charge in [0, 0.05) is 5.41 Å². The smallest absolute Gasteiger partial charge is 0.172 e. The summed E-state index contributed by atoms with van der Waals surface area (Å²) in [5.74, 6) is -1.36. The quantitative estimate of drug-likeness (QED) is 0.747. The molecule has 0 aromatic carbocycles. The molecule has 6 heteroatoms. The highest BCUT2D eigenvalue weighted by Gasteiger charge is 2.66. The first kappa shape index (κ1) is 16.8. The summed E-state index contributed by atoms with van der Waals surface area (Å²) in [6.45, 7) is 0. The summed E-state index contributed by atoms with van der Waals surface area (Å²) in [6, 6.07) is 7.99. The highest BCUT2D eigenvalue weighted by Crippen LogP contribution is 2.66. The van der Waals surface area contributed by atoms with E-state index in [1.54, 1.807) is 0 Å². The average Bonchev–Trinajstić information content (AvgIpc) is 3.28. The number of hydrogen-bond donors (Lipinski definition) is 2. The lowest BCUT2D eigenvalue weighted by Crippen LogP contribution is -2.57. The van der Waals surface area contributed by atoms with Gasteiger partial charge in [0.2, 0.25) is 0 Å². The summed E-state index contributed by atoms with van der Waals surface area (Å²) in [5.41, 5.74) is 5.17. The van der Waals surface area contributed by atoms with Crippen molar-refractivity contribution in [3.05, 3.63) is 22.9 Å². The minimum Gasteiger partial charge on any atom is -0.399 e. The summed E-state index contributed by atoms with van der Waals surface area (Å²) < 4.78 is 0. The van der Waals surface area contributed by atoms with Crippen molar-refractivity contribution < 1.29 is 0 Å². The molecular weight excluding hydrogens is 312 g/mol. The minimum atomic E-state index is -1.56. The largest absolute Gasteiger partial charge is 0.399 e. The number of nitrogens with one attached hydrogen (secondary N) is 1. The van der Waals surface area contributed by atoms with Gasteiger partial charge in [0.25, 0.3) is 0 Å². The Balaban J connectivity index is 2.37. The lowest BCUT2D eigenvalue weighted by Gasteiger charge is -2.52. The summed E-state index contributed by atoms with van der Waals surface area (Å²) in [6.07, 6.45) is 6.91. The normalized spacial score (nSPS) is 29.3. The lowest BCUT2D eigenvalue weighted by molar-refractivity contribution is 0.103. The second-order valence-corrected chi connectivity index (χ2v) is 7.02. The predicted molar refractivity (Wildman–Crippen MR) is 89.0 cm³/mol. The molecule has 0 bridgehead atoms. The van der Waals surface area contributed by atoms with Crippen molar-refractivity contribution >= 4 is 5.71 Å². The molecule has 1 fully saturated rings. The third-order valence-corrected chi connectivity index (χ3v) is 6.30. The van der Waals surface area contributed by atoms with Crippen molar-refractivity contribution in [1.29, 1.82) is 26.5 Å². The van der Waals surface area contributed by atoms with Crippen LogP contribution in [0.25, 0.3) is 0 Å². The van der Waals surface area contributed by atoms with Gasteiger partial charge < -0.3 is 11.1 Å². The van der Waals surface area contributed by atoms with Crippen LogP contribution in [0.3, 0.4) is 0 Å². The van der Waals surface area contributed by atoms with Gasteiger partial charge in [-0.1, -0.05) is 18.9 Å². The summed E-state index contributed by atoms with van der Waals surface area (Å²) >= 11 is 0. The zero-order chi connectivity index (χ0) is 18.2. The van der Waals surface area contributed by atoms with Crippen LogP contribution in [0.2, 0.25) is 0 Å². The molecule has 1 saturated carbocycles. The first-order valence-corrected chi connectivity index (χ1v) is 8.44. The molecule has 124 valence electrons. The molecule has 3 aliphatic rings. The zero-order valence-corrected chi connectivity index (χ0v) is 13.8. The molecule has 0 heterocycles. The molecular formula is C19H18N6. The molecule has 2 atom stereocenters. The average molecular weight is 330 g/mol. The van der Waals surface area contributed by atoms with Gasteiger partial charge in [-0.05, 0) is 37.2 Å². The van der Waals surface area contributed by atoms with Crippen LogP contribution in [0.1, 0.15) is 38.5 Å². The Labute approximate surface area is 147 Å². The zero-order valence-electron chi connectivity index (χ0n) is 13.8. The maximum Gasteiger partial charge on any atom is 0.172 e. The van der Waals surface area contributed by atoms with E-state index in [1.165, 1.54) is 0 Å². The van der Waals surface area contributed by atoms with Crippen LogP contribution in [0, 0.1) is 73.4 Å². The molecule has 0 aliphatic heterocycles. The van der Waals surface area contributed by atoms with Gasteiger partial charge >= 0.3 is 0 Å². The third-order valence-electron chi connectivity index (χ3n) is 6.30. The molecule has 0 saturated heterocycles. The van der Waals surface area contributed by atoms with Gasteiger partial charge in [0.1, 0.15) is 11.5 Å². The topological polar surface area (TPSA) is 145 Å². The highest BCUT2D eigenvalue weighted by atomic mass is 14.8. The minimum absolute atomic E-state index is 0.0185. The van der Waals surface area contributed by atoms with Gasteiger partial charge in [0.05, 0.1) is 35.2 Å². The van der Waals surface area contributed by atoms with E-state index < -0.39 is 16.7 Å². The van der Waals surface area contributed by atoms with Crippen molar-refractivity contribution in [2.24, 2.45) is 28.4 Å². The van der Waals surface area contributed by atoms with Gasteiger partial charge in [-0.2, -0.15) is 21.0 Å². The monoisotopic (exact) mass is 330 g/mol. The Bertz CT molecular complexity index is 846. The first-order chi connectivity index (χ1) is 12.0. The maximum atomic E-state index is 10.2. The van der Waals surface area contributed by atoms with Crippen LogP contribution < -0.4 is 5.73 Å². The molecule has 0 radical (unpaired) electrons. The van der Waals surface area contributed by atoms with Crippen LogP contribution >= 0.6 is 0 Å². The van der Waals surface area contributed by atoms with Gasteiger partial charge in [0.15, 0.2) is 5.92 Å². The summed E-state index contributed by atoms with van der Waals surface area (Å²) in [7, 11) is 0. The van der Waals surface area contributed by atoms with Crippen molar-refractivity contribution in [1.82, 2.24) is 0 Å². The molecule has 1 spiro atoms. The Morgan fingerprint density at radius 1 is 1.20 bits per heavy atom. The van der Waals surface area contributed by atoms with Crippen LogP contribution in [-0.4, -0.2) is 5.71 Å². The first-order valence-electron chi connectivity index (χ1n) is 8.44. The molecule has 3 N–H and O–H groups in total. The SMILES string of the molecule is N#CC1=C(N)C(C#N)(C(=N)C(C#N)C#N)C2(CCCC2)C2CCC=C12. The fraction of sp³-hybridized carbons (Fsp3) is 0.526. The highest BCUT2D eigenvalue weighted by molar-refractivity contribution is 6.00. The van der Waals surface area contributed by atoms with Crippen LogP contribution in [0.4, 0.5) is 0 Å². The third kappa shape index (κ3) is 1.83. The van der Waals surface area contributed by atoms with Crippen molar-refractivity contribution in [3.63, 3.8) is 0 Å². The van der Waals surface area contributed by atoms with E-state index in [4.69, 9.17) is 11.1 Å². The van der Waals surface area contributed by atoms with Crippen molar-refractivity contribution in [2.45, 2.75) is 38.5 Å². The van der Waals surface area contributed by atoms with Crippen LogP contribution in [0.5, 0.6) is 0 Å². The molecule has 0 aromatic rings. The number of nitrogens with zero attached hydrogens (tertiary/aromatic N) is 4.